The molecule has 2 N–H and O–H groups in total. The molecule has 140 valence electrons. The van der Waals surface area contributed by atoms with Crippen LogP contribution in [0.4, 0.5) is 17.2 Å². The van der Waals surface area contributed by atoms with Crippen molar-refractivity contribution in [2.24, 2.45) is 5.92 Å². The molecule has 1 aliphatic rings. The molecule has 1 aliphatic heterocycles. The average molecular weight is 384 g/mol. The first-order valence-electron chi connectivity index (χ1n) is 8.45. The van der Waals surface area contributed by atoms with Crippen molar-refractivity contribution in [3.63, 3.8) is 0 Å². The van der Waals surface area contributed by atoms with E-state index < -0.39 is 5.92 Å². The number of pyridine rings is 1. The number of nitrogens with one attached hydrogen (secondary N) is 2. The van der Waals surface area contributed by atoms with Crippen molar-refractivity contribution in [3.8, 4) is 0 Å². The van der Waals surface area contributed by atoms with Gasteiger partial charge in [0.25, 0.3) is 0 Å². The van der Waals surface area contributed by atoms with Crippen LogP contribution in [0.5, 0.6) is 0 Å². The van der Waals surface area contributed by atoms with E-state index in [2.05, 4.69) is 15.6 Å². The minimum Gasteiger partial charge on any atom is -0.325 e. The molecule has 3 rings (SSSR count). The van der Waals surface area contributed by atoms with Crippen molar-refractivity contribution in [2.75, 3.05) is 28.3 Å². The standard InChI is InChI=1S/C19H20N4O3S/c1-12(24)21-14-6-7-17(20-10-14)22-19(26)13-8-18(25)23(11-13)15-4-3-5-16(9-15)27-2/h3-7,9-10,13H,8,11H2,1-2H3,(H,21,24)(H,20,22,26). The van der Waals surface area contributed by atoms with E-state index in [-0.39, 0.29) is 24.1 Å². The predicted molar refractivity (Wildman–Crippen MR) is 106 cm³/mol. The molecule has 0 saturated carbocycles. The van der Waals surface area contributed by atoms with Crippen LogP contribution in [-0.2, 0) is 14.4 Å². The summed E-state index contributed by atoms with van der Waals surface area (Å²) in [5.74, 6) is -0.561. The SMILES string of the molecule is CSc1cccc(N2CC(C(=O)Nc3ccc(NC(C)=O)cn3)CC2=O)c1. The van der Waals surface area contributed by atoms with E-state index in [4.69, 9.17) is 0 Å². The topological polar surface area (TPSA) is 91.4 Å². The number of carbonyl (C=O) groups is 3. The van der Waals surface area contributed by atoms with Gasteiger partial charge < -0.3 is 15.5 Å². The minimum atomic E-state index is -0.438. The number of aromatic nitrogens is 1. The molecular formula is C19H20N4O3S. The summed E-state index contributed by atoms with van der Waals surface area (Å²) in [6.45, 7) is 1.75. The summed E-state index contributed by atoms with van der Waals surface area (Å²) < 4.78 is 0. The van der Waals surface area contributed by atoms with Gasteiger partial charge in [0.1, 0.15) is 5.82 Å². The Labute approximate surface area is 161 Å². The quantitative estimate of drug-likeness (QED) is 0.774. The Morgan fingerprint density at radius 2 is 2.04 bits per heavy atom. The molecule has 1 unspecified atom stereocenters. The van der Waals surface area contributed by atoms with Crippen molar-refractivity contribution >= 4 is 46.7 Å². The summed E-state index contributed by atoms with van der Waals surface area (Å²) in [6, 6.07) is 11.0. The maximum Gasteiger partial charge on any atom is 0.230 e. The summed E-state index contributed by atoms with van der Waals surface area (Å²) in [7, 11) is 0. The Kier molecular flexibility index (Phi) is 5.75. The number of nitrogens with zero attached hydrogens (tertiary/aromatic N) is 2. The van der Waals surface area contributed by atoms with Gasteiger partial charge in [-0.2, -0.15) is 0 Å². The molecule has 2 heterocycles. The predicted octanol–water partition coefficient (Wildman–Crippen LogP) is 2.75. The highest BCUT2D eigenvalue weighted by Gasteiger charge is 2.35. The Morgan fingerprint density at radius 3 is 2.70 bits per heavy atom. The van der Waals surface area contributed by atoms with Gasteiger partial charge in [0.2, 0.25) is 17.7 Å². The summed E-state index contributed by atoms with van der Waals surface area (Å²) in [5.41, 5.74) is 1.36. The smallest absolute Gasteiger partial charge is 0.230 e. The van der Waals surface area contributed by atoms with Crippen molar-refractivity contribution in [1.29, 1.82) is 0 Å². The van der Waals surface area contributed by atoms with Gasteiger partial charge in [0, 0.05) is 30.5 Å². The van der Waals surface area contributed by atoms with E-state index in [9.17, 15) is 14.4 Å². The molecule has 27 heavy (non-hydrogen) atoms. The minimum absolute atomic E-state index is 0.0673. The molecule has 7 nitrogen and oxygen atoms in total. The number of carbonyl (C=O) groups excluding carboxylic acids is 3. The first-order chi connectivity index (χ1) is 13.0. The van der Waals surface area contributed by atoms with Gasteiger partial charge in [-0.15, -0.1) is 11.8 Å². The van der Waals surface area contributed by atoms with Crippen LogP contribution in [0, 0.1) is 5.92 Å². The molecule has 1 atom stereocenters. The van der Waals surface area contributed by atoms with Crippen LogP contribution in [0.1, 0.15) is 13.3 Å². The zero-order valence-electron chi connectivity index (χ0n) is 15.1. The molecule has 1 aromatic heterocycles. The maximum absolute atomic E-state index is 12.5. The summed E-state index contributed by atoms with van der Waals surface area (Å²) >= 11 is 1.60. The number of rotatable bonds is 5. The molecular weight excluding hydrogens is 364 g/mol. The highest BCUT2D eigenvalue weighted by Crippen LogP contribution is 2.28. The van der Waals surface area contributed by atoms with Crippen molar-refractivity contribution < 1.29 is 14.4 Å². The average Bonchev–Trinajstić information content (AvgIpc) is 3.05. The highest BCUT2D eigenvalue weighted by atomic mass is 32.2. The fraction of sp³-hybridized carbons (Fsp3) is 0.263. The second kappa shape index (κ2) is 8.22. The molecule has 2 aromatic rings. The van der Waals surface area contributed by atoms with Crippen LogP contribution < -0.4 is 15.5 Å². The van der Waals surface area contributed by atoms with E-state index in [1.54, 1.807) is 28.8 Å². The molecule has 3 amide bonds. The second-order valence-corrected chi connectivity index (χ2v) is 7.09. The van der Waals surface area contributed by atoms with Crippen molar-refractivity contribution in [1.82, 2.24) is 4.98 Å². The lowest BCUT2D eigenvalue weighted by molar-refractivity contribution is -0.122. The fourth-order valence-corrected chi connectivity index (χ4v) is 3.34. The molecule has 1 saturated heterocycles. The van der Waals surface area contributed by atoms with Gasteiger partial charge in [-0.05, 0) is 36.6 Å². The summed E-state index contributed by atoms with van der Waals surface area (Å²) in [5, 5.41) is 5.35. The molecule has 0 radical (unpaired) electrons. The lowest BCUT2D eigenvalue weighted by atomic mass is 10.1. The Balaban J connectivity index is 1.64. The van der Waals surface area contributed by atoms with E-state index in [0.717, 1.165) is 10.6 Å². The largest absolute Gasteiger partial charge is 0.325 e. The van der Waals surface area contributed by atoms with E-state index in [0.29, 0.717) is 18.1 Å². The second-order valence-electron chi connectivity index (χ2n) is 6.21. The monoisotopic (exact) mass is 384 g/mol. The van der Waals surface area contributed by atoms with Gasteiger partial charge in [-0.1, -0.05) is 6.07 Å². The zero-order valence-corrected chi connectivity index (χ0v) is 15.9. The van der Waals surface area contributed by atoms with Gasteiger partial charge in [0.05, 0.1) is 17.8 Å². The number of amides is 3. The van der Waals surface area contributed by atoms with Crippen LogP contribution in [0.3, 0.4) is 0 Å². The van der Waals surface area contributed by atoms with Crippen molar-refractivity contribution in [3.05, 3.63) is 42.6 Å². The molecule has 0 bridgehead atoms. The highest BCUT2D eigenvalue weighted by molar-refractivity contribution is 7.98. The number of thioether (sulfide) groups is 1. The van der Waals surface area contributed by atoms with Gasteiger partial charge in [0.15, 0.2) is 0 Å². The third kappa shape index (κ3) is 4.65. The normalized spacial score (nSPS) is 16.3. The third-order valence-corrected chi connectivity index (χ3v) is 4.92. The van der Waals surface area contributed by atoms with Crippen LogP contribution in [-0.4, -0.2) is 35.5 Å². The molecule has 0 aliphatic carbocycles. The number of hydrogen-bond acceptors (Lipinski definition) is 5. The Hall–Kier alpha value is -2.87. The van der Waals surface area contributed by atoms with E-state index in [1.165, 1.54) is 13.1 Å². The summed E-state index contributed by atoms with van der Waals surface area (Å²) in [4.78, 5) is 42.7. The lowest BCUT2D eigenvalue weighted by Crippen LogP contribution is -2.28. The molecule has 1 aromatic carbocycles. The third-order valence-electron chi connectivity index (χ3n) is 4.20. The van der Waals surface area contributed by atoms with Gasteiger partial charge >= 0.3 is 0 Å². The molecule has 0 spiro atoms. The Bertz CT molecular complexity index is 870. The molecule has 1 fully saturated rings. The first-order valence-corrected chi connectivity index (χ1v) is 9.67. The Morgan fingerprint density at radius 1 is 1.22 bits per heavy atom. The van der Waals surface area contributed by atoms with Gasteiger partial charge in [-0.25, -0.2) is 4.98 Å². The number of anilines is 3. The number of benzene rings is 1. The van der Waals surface area contributed by atoms with Crippen LogP contribution in [0.25, 0.3) is 0 Å². The van der Waals surface area contributed by atoms with Crippen LogP contribution in [0.2, 0.25) is 0 Å². The maximum atomic E-state index is 12.5. The van der Waals surface area contributed by atoms with Crippen LogP contribution in [0.15, 0.2) is 47.5 Å². The van der Waals surface area contributed by atoms with Gasteiger partial charge in [-0.3, -0.25) is 14.4 Å². The van der Waals surface area contributed by atoms with E-state index >= 15 is 0 Å². The van der Waals surface area contributed by atoms with E-state index in [1.807, 2.05) is 30.5 Å². The van der Waals surface area contributed by atoms with Crippen LogP contribution >= 0.6 is 11.8 Å². The lowest BCUT2D eigenvalue weighted by Gasteiger charge is -2.17. The first kappa shape index (κ1) is 18.9. The number of hydrogen-bond donors (Lipinski definition) is 2. The van der Waals surface area contributed by atoms with Crippen molar-refractivity contribution in [2.45, 2.75) is 18.2 Å². The summed E-state index contributed by atoms with van der Waals surface area (Å²) in [6.07, 6.45) is 3.61. The zero-order chi connectivity index (χ0) is 19.4. The molecule has 8 heteroatoms. The fourth-order valence-electron chi connectivity index (χ4n) is 2.88.